The van der Waals surface area contributed by atoms with E-state index in [1.54, 1.807) is 42.9 Å². The second-order valence-corrected chi connectivity index (χ2v) is 12.7. The van der Waals surface area contributed by atoms with Crippen LogP contribution in [0.2, 0.25) is 0 Å². The number of imidazole rings is 1. The minimum absolute atomic E-state index is 0.229. The van der Waals surface area contributed by atoms with Crippen molar-refractivity contribution in [1.29, 1.82) is 0 Å². The number of carbonyl (C=O) groups excluding carboxylic acids is 1. The van der Waals surface area contributed by atoms with Crippen molar-refractivity contribution in [3.05, 3.63) is 102 Å². The summed E-state index contributed by atoms with van der Waals surface area (Å²) in [6.45, 7) is 11.3. The van der Waals surface area contributed by atoms with Gasteiger partial charge in [0, 0.05) is 36.0 Å². The van der Waals surface area contributed by atoms with Gasteiger partial charge in [-0.2, -0.15) is 0 Å². The lowest BCUT2D eigenvalue weighted by molar-refractivity contribution is -0.111. The number of benzene rings is 3. The lowest BCUT2D eigenvalue weighted by Crippen LogP contribution is -2.08. The topological polar surface area (TPSA) is 82.4 Å². The molecule has 0 spiro atoms. The van der Waals surface area contributed by atoms with Gasteiger partial charge in [-0.25, -0.2) is 4.98 Å². The number of anilines is 1. The summed E-state index contributed by atoms with van der Waals surface area (Å²) in [6, 6.07) is 21.6. The third-order valence-electron chi connectivity index (χ3n) is 7.38. The first-order valence-corrected chi connectivity index (χ1v) is 17.1. The van der Waals surface area contributed by atoms with Crippen molar-refractivity contribution < 1.29 is 18.5 Å². The van der Waals surface area contributed by atoms with Crippen LogP contribution in [-0.4, -0.2) is 39.5 Å². The molecule has 1 amide bonds. The maximum Gasteiger partial charge on any atom is 0.248 e. The third-order valence-corrected chi connectivity index (χ3v) is 8.73. The van der Waals surface area contributed by atoms with Crippen LogP contribution in [0.5, 0.6) is 5.75 Å². The van der Waals surface area contributed by atoms with E-state index in [1.807, 2.05) is 34.9 Å². The lowest BCUT2D eigenvalue weighted by atomic mass is 9.93. The largest absolute Gasteiger partial charge is 0.491 e. The van der Waals surface area contributed by atoms with Gasteiger partial charge in [0.25, 0.3) is 0 Å². The zero-order valence-corrected chi connectivity index (χ0v) is 27.6. The predicted molar refractivity (Wildman–Crippen MR) is 184 cm³/mol. The number of hydrogen-bond acceptors (Lipinski definition) is 5. The Morgan fingerprint density at radius 2 is 1.71 bits per heavy atom. The minimum atomic E-state index is -1.21. The Kier molecular flexibility index (Phi) is 13.2. The predicted octanol–water partition coefficient (Wildman–Crippen LogP) is 8.24. The van der Waals surface area contributed by atoms with Gasteiger partial charge in [0.2, 0.25) is 5.91 Å². The summed E-state index contributed by atoms with van der Waals surface area (Å²) in [4.78, 5) is 17.8. The molecule has 4 rings (SSSR count). The summed E-state index contributed by atoms with van der Waals surface area (Å²) >= 11 is 0. The number of amides is 1. The van der Waals surface area contributed by atoms with Gasteiger partial charge in [-0.3, -0.25) is 9.00 Å². The molecule has 0 radical (unpaired) electrons. The zero-order chi connectivity index (χ0) is 32.0. The van der Waals surface area contributed by atoms with E-state index in [0.29, 0.717) is 35.5 Å². The van der Waals surface area contributed by atoms with E-state index in [1.165, 1.54) is 0 Å². The van der Waals surface area contributed by atoms with Gasteiger partial charge in [-0.1, -0.05) is 58.4 Å². The van der Waals surface area contributed by atoms with Gasteiger partial charge in [-0.05, 0) is 89.6 Å². The number of carbonyl (C=O) groups is 1. The molecule has 3 aromatic carbocycles. The quantitative estimate of drug-likeness (QED) is 0.0942. The molecule has 7 nitrogen and oxygen atoms in total. The number of aromatic nitrogens is 2. The standard InChI is InChI=1S/C37H45N3O4S/c1-5-7-21-43-22-23-44-34-14-8-29(9-15-34)30-10-18-36(28(3)4)31(24-30)11-19-37(41)39-32-12-16-35(17-13-32)45(42)26-33-25-38-27-40(33)20-6-2/h8-19,24-25,27-28H,5-7,20-23,26H2,1-4H3,(H,39,41)/b19-11+/t45-/m0/s1. The van der Waals surface area contributed by atoms with Crippen LogP contribution in [0, 0.1) is 0 Å². The SMILES string of the molecule is CCCCOCCOc1ccc(-c2ccc(C(C)C)c(/C=C/C(=O)Nc3ccc([S@@](=O)Cc4cncn4CCC)cc3)c2)cc1. The van der Waals surface area contributed by atoms with Gasteiger partial charge in [-0.15, -0.1) is 0 Å². The molecular formula is C37H45N3O4S. The van der Waals surface area contributed by atoms with E-state index in [2.05, 4.69) is 56.2 Å². The molecule has 0 saturated heterocycles. The molecular weight excluding hydrogens is 582 g/mol. The Bertz CT molecular complexity index is 1560. The fourth-order valence-electron chi connectivity index (χ4n) is 4.90. The Balaban J connectivity index is 1.36. The molecule has 45 heavy (non-hydrogen) atoms. The van der Waals surface area contributed by atoms with Crippen LogP contribution in [-0.2, 0) is 32.6 Å². The molecule has 0 aliphatic heterocycles. The van der Waals surface area contributed by atoms with Gasteiger partial charge in [0.1, 0.15) is 12.4 Å². The molecule has 8 heteroatoms. The van der Waals surface area contributed by atoms with Gasteiger partial charge in [0.05, 0.1) is 35.2 Å². The molecule has 0 fully saturated rings. The summed E-state index contributed by atoms with van der Waals surface area (Å²) in [5.41, 5.74) is 5.90. The molecule has 1 atom stereocenters. The van der Waals surface area contributed by atoms with Crippen LogP contribution in [0.4, 0.5) is 5.69 Å². The first-order chi connectivity index (χ1) is 21.9. The molecule has 4 aromatic rings. The molecule has 1 heterocycles. The number of nitrogens with zero attached hydrogens (tertiary/aromatic N) is 2. The normalized spacial score (nSPS) is 12.1. The molecule has 1 aromatic heterocycles. The van der Waals surface area contributed by atoms with E-state index in [4.69, 9.17) is 9.47 Å². The summed E-state index contributed by atoms with van der Waals surface area (Å²) in [5, 5.41) is 2.92. The average Bonchev–Trinajstić information content (AvgIpc) is 3.48. The highest BCUT2D eigenvalue weighted by Gasteiger charge is 2.11. The second-order valence-electron chi connectivity index (χ2n) is 11.3. The maximum atomic E-state index is 12.9. The number of ether oxygens (including phenoxy) is 2. The highest BCUT2D eigenvalue weighted by molar-refractivity contribution is 7.84. The minimum Gasteiger partial charge on any atom is -0.491 e. The fraction of sp³-hybridized carbons (Fsp3) is 0.351. The smallest absolute Gasteiger partial charge is 0.248 e. The van der Waals surface area contributed by atoms with Crippen molar-refractivity contribution >= 4 is 28.5 Å². The van der Waals surface area contributed by atoms with Crippen molar-refractivity contribution in [2.45, 2.75) is 70.1 Å². The molecule has 238 valence electrons. The summed E-state index contributed by atoms with van der Waals surface area (Å²) < 4.78 is 26.4. The van der Waals surface area contributed by atoms with Crippen LogP contribution >= 0.6 is 0 Å². The fourth-order valence-corrected chi connectivity index (χ4v) is 6.02. The van der Waals surface area contributed by atoms with Crippen LogP contribution in [0.25, 0.3) is 17.2 Å². The molecule has 0 aliphatic carbocycles. The number of rotatable bonds is 17. The van der Waals surface area contributed by atoms with E-state index in [-0.39, 0.29) is 5.91 Å². The zero-order valence-electron chi connectivity index (χ0n) is 26.8. The van der Waals surface area contributed by atoms with Crippen molar-refractivity contribution in [3.63, 3.8) is 0 Å². The van der Waals surface area contributed by atoms with Crippen LogP contribution in [0.1, 0.15) is 69.7 Å². The van der Waals surface area contributed by atoms with E-state index >= 15 is 0 Å². The number of aryl methyl sites for hydroxylation is 1. The number of unbranched alkanes of at least 4 members (excludes halogenated alkanes) is 1. The molecule has 0 bridgehead atoms. The van der Waals surface area contributed by atoms with Crippen molar-refractivity contribution in [2.24, 2.45) is 0 Å². The Morgan fingerprint density at radius 1 is 0.956 bits per heavy atom. The van der Waals surface area contributed by atoms with Crippen molar-refractivity contribution in [1.82, 2.24) is 9.55 Å². The third kappa shape index (κ3) is 10.3. The first kappa shape index (κ1) is 33.9. The second kappa shape index (κ2) is 17.5. The van der Waals surface area contributed by atoms with Crippen LogP contribution in [0.3, 0.4) is 0 Å². The number of nitrogens with one attached hydrogen (secondary N) is 1. The summed E-state index contributed by atoms with van der Waals surface area (Å²) in [7, 11) is -1.21. The van der Waals surface area contributed by atoms with E-state index in [9.17, 15) is 9.00 Å². The monoisotopic (exact) mass is 627 g/mol. The van der Waals surface area contributed by atoms with Crippen LogP contribution in [0.15, 0.2) is 90.2 Å². The Labute approximate surface area is 270 Å². The lowest BCUT2D eigenvalue weighted by Gasteiger charge is -2.13. The molecule has 0 unspecified atom stereocenters. The summed E-state index contributed by atoms with van der Waals surface area (Å²) in [5.74, 6) is 1.28. The van der Waals surface area contributed by atoms with Crippen LogP contribution < -0.4 is 10.1 Å². The Morgan fingerprint density at radius 3 is 2.42 bits per heavy atom. The van der Waals surface area contributed by atoms with Crippen molar-refractivity contribution in [2.75, 3.05) is 25.1 Å². The molecule has 1 N–H and O–H groups in total. The van der Waals surface area contributed by atoms with Crippen molar-refractivity contribution in [3.8, 4) is 16.9 Å². The van der Waals surface area contributed by atoms with E-state index < -0.39 is 10.8 Å². The Hall–Kier alpha value is -4.01. The highest BCUT2D eigenvalue weighted by atomic mass is 32.2. The maximum absolute atomic E-state index is 12.9. The average molecular weight is 628 g/mol. The molecule has 0 aliphatic rings. The number of hydrogen-bond donors (Lipinski definition) is 1. The van der Waals surface area contributed by atoms with E-state index in [0.717, 1.165) is 66.1 Å². The van der Waals surface area contributed by atoms with Gasteiger partial charge >= 0.3 is 0 Å². The van der Waals surface area contributed by atoms with Gasteiger partial charge < -0.3 is 19.4 Å². The molecule has 0 saturated carbocycles. The van der Waals surface area contributed by atoms with Gasteiger partial charge in [0.15, 0.2) is 0 Å². The summed E-state index contributed by atoms with van der Waals surface area (Å²) in [6.07, 6.45) is 10.2. The highest BCUT2D eigenvalue weighted by Crippen LogP contribution is 2.29. The first-order valence-electron chi connectivity index (χ1n) is 15.8.